The van der Waals surface area contributed by atoms with Crippen LogP contribution in [0.2, 0.25) is 0 Å². The number of esters is 2. The van der Waals surface area contributed by atoms with Crippen molar-refractivity contribution < 1.29 is 34.1 Å². The third-order valence-electron chi connectivity index (χ3n) is 4.88. The Morgan fingerprint density at radius 2 is 1.70 bits per heavy atom. The van der Waals surface area contributed by atoms with Gasteiger partial charge in [0.15, 0.2) is 6.61 Å². The van der Waals surface area contributed by atoms with Crippen molar-refractivity contribution >= 4 is 17.9 Å². The van der Waals surface area contributed by atoms with Crippen LogP contribution in [0.4, 0.5) is 0 Å². The normalized spacial score (nSPS) is 29.6. The van der Waals surface area contributed by atoms with Crippen molar-refractivity contribution in [1.82, 2.24) is 0 Å². The molecule has 7 heteroatoms. The molecular weight excluding hydrogens is 304 g/mol. The summed E-state index contributed by atoms with van der Waals surface area (Å²) in [5.74, 6) is -1.48. The molecule has 2 N–H and O–H groups in total. The maximum Gasteiger partial charge on any atom is 0.344 e. The van der Waals surface area contributed by atoms with Crippen LogP contribution in [0, 0.1) is 17.3 Å². The molecule has 0 aromatic carbocycles. The van der Waals surface area contributed by atoms with Crippen LogP contribution in [-0.4, -0.2) is 47.9 Å². The Balaban J connectivity index is 1.92. The SMILES string of the molecule is O=C(O)CC1(COC(=O)COC(=O)CO)CC2CCCC(C2)C1. The number of aliphatic hydroxyl groups is 1. The molecule has 2 aliphatic rings. The van der Waals surface area contributed by atoms with E-state index in [2.05, 4.69) is 4.74 Å². The quantitative estimate of drug-likeness (QED) is 0.674. The Kier molecular flexibility index (Phi) is 5.98. The Morgan fingerprint density at radius 1 is 1.04 bits per heavy atom. The predicted molar refractivity (Wildman–Crippen MR) is 78.4 cm³/mol. The molecule has 2 rings (SSSR count). The standard InChI is InChI=1S/C16H24O7/c17-8-14(20)22-9-15(21)23-10-16(7-13(18)19)5-11-2-1-3-12(4-11)6-16/h11-12,17H,1-10H2,(H,18,19). The number of hydrogen-bond acceptors (Lipinski definition) is 6. The van der Waals surface area contributed by atoms with E-state index in [0.29, 0.717) is 11.8 Å². The Morgan fingerprint density at radius 3 is 2.26 bits per heavy atom. The van der Waals surface area contributed by atoms with Gasteiger partial charge in [-0.2, -0.15) is 0 Å². The van der Waals surface area contributed by atoms with Crippen LogP contribution in [0.1, 0.15) is 44.9 Å². The Hall–Kier alpha value is -1.63. The lowest BCUT2D eigenvalue weighted by atomic mass is 9.60. The predicted octanol–water partition coefficient (Wildman–Crippen LogP) is 1.13. The molecule has 0 heterocycles. The van der Waals surface area contributed by atoms with E-state index in [-0.39, 0.29) is 13.0 Å². The molecule has 0 spiro atoms. The topological polar surface area (TPSA) is 110 Å². The first kappa shape index (κ1) is 17.7. The highest BCUT2D eigenvalue weighted by atomic mass is 16.6. The van der Waals surface area contributed by atoms with Crippen LogP contribution in [0.25, 0.3) is 0 Å². The average Bonchev–Trinajstić information content (AvgIpc) is 2.49. The zero-order valence-electron chi connectivity index (χ0n) is 13.2. The fraction of sp³-hybridized carbons (Fsp3) is 0.812. The van der Waals surface area contributed by atoms with Crippen molar-refractivity contribution in [2.45, 2.75) is 44.9 Å². The lowest BCUT2D eigenvalue weighted by Gasteiger charge is -2.46. The van der Waals surface area contributed by atoms with Gasteiger partial charge in [-0.25, -0.2) is 9.59 Å². The highest BCUT2D eigenvalue weighted by Crippen LogP contribution is 2.50. The number of carboxylic acids is 1. The second-order valence-electron chi connectivity index (χ2n) is 6.86. The Bertz CT molecular complexity index is 447. The van der Waals surface area contributed by atoms with Crippen molar-refractivity contribution in [3.8, 4) is 0 Å². The summed E-state index contributed by atoms with van der Waals surface area (Å²) in [6.45, 7) is -1.31. The number of hydrogen-bond donors (Lipinski definition) is 2. The van der Waals surface area contributed by atoms with Gasteiger partial charge in [-0.15, -0.1) is 0 Å². The molecule has 0 aliphatic heterocycles. The van der Waals surface area contributed by atoms with Gasteiger partial charge in [0.05, 0.1) is 13.0 Å². The summed E-state index contributed by atoms with van der Waals surface area (Å²) in [5, 5.41) is 17.8. The molecule has 130 valence electrons. The zero-order chi connectivity index (χ0) is 16.9. The van der Waals surface area contributed by atoms with Crippen LogP contribution < -0.4 is 0 Å². The van der Waals surface area contributed by atoms with E-state index in [1.807, 2.05) is 0 Å². The van der Waals surface area contributed by atoms with Crippen molar-refractivity contribution in [1.29, 1.82) is 0 Å². The zero-order valence-corrected chi connectivity index (χ0v) is 13.2. The first-order valence-corrected chi connectivity index (χ1v) is 8.06. The molecule has 0 saturated heterocycles. The maximum atomic E-state index is 11.7. The molecule has 0 aromatic rings. The molecule has 0 radical (unpaired) electrons. The smallest absolute Gasteiger partial charge is 0.344 e. The van der Waals surface area contributed by atoms with Crippen LogP contribution in [0.5, 0.6) is 0 Å². The number of carboxylic acid groups (broad SMARTS) is 1. The van der Waals surface area contributed by atoms with Gasteiger partial charge in [-0.05, 0) is 31.1 Å². The summed E-state index contributed by atoms with van der Waals surface area (Å²) >= 11 is 0. The number of aliphatic carboxylic acids is 1. The van der Waals surface area contributed by atoms with E-state index in [1.54, 1.807) is 0 Å². The molecule has 0 aromatic heterocycles. The monoisotopic (exact) mass is 328 g/mol. The number of fused-ring (bicyclic) bond motifs is 2. The minimum absolute atomic E-state index is 0.0102. The first-order chi connectivity index (χ1) is 10.9. The summed E-state index contributed by atoms with van der Waals surface area (Å²) in [6, 6.07) is 0. The highest BCUT2D eigenvalue weighted by Gasteiger charge is 2.44. The molecule has 0 amide bonds. The highest BCUT2D eigenvalue weighted by molar-refractivity contribution is 5.76. The van der Waals surface area contributed by atoms with Crippen molar-refractivity contribution in [3.05, 3.63) is 0 Å². The summed E-state index contributed by atoms with van der Waals surface area (Å²) < 4.78 is 9.69. The van der Waals surface area contributed by atoms with Gasteiger partial charge in [-0.3, -0.25) is 4.79 Å². The summed E-state index contributed by atoms with van der Waals surface area (Å²) in [6.07, 6.45) is 6.07. The molecule has 2 fully saturated rings. The van der Waals surface area contributed by atoms with Gasteiger partial charge in [0, 0.05) is 5.41 Å². The lowest BCUT2D eigenvalue weighted by molar-refractivity contribution is -0.165. The van der Waals surface area contributed by atoms with Crippen molar-refractivity contribution in [3.63, 3.8) is 0 Å². The molecular formula is C16H24O7. The number of carbonyl (C=O) groups is 3. The van der Waals surface area contributed by atoms with Gasteiger partial charge < -0.3 is 19.7 Å². The minimum Gasteiger partial charge on any atom is -0.481 e. The van der Waals surface area contributed by atoms with E-state index >= 15 is 0 Å². The van der Waals surface area contributed by atoms with E-state index < -0.39 is 36.5 Å². The molecule has 2 atom stereocenters. The molecule has 2 saturated carbocycles. The van der Waals surface area contributed by atoms with Gasteiger partial charge in [-0.1, -0.05) is 19.3 Å². The van der Waals surface area contributed by atoms with E-state index in [9.17, 15) is 19.5 Å². The van der Waals surface area contributed by atoms with Crippen LogP contribution in [0.15, 0.2) is 0 Å². The van der Waals surface area contributed by atoms with Crippen LogP contribution >= 0.6 is 0 Å². The Labute approximate surface area is 135 Å². The average molecular weight is 328 g/mol. The molecule has 23 heavy (non-hydrogen) atoms. The van der Waals surface area contributed by atoms with Gasteiger partial charge >= 0.3 is 17.9 Å². The van der Waals surface area contributed by atoms with Gasteiger partial charge in [0.2, 0.25) is 0 Å². The van der Waals surface area contributed by atoms with Crippen molar-refractivity contribution in [2.75, 3.05) is 19.8 Å². The molecule has 2 aliphatic carbocycles. The molecule has 2 unspecified atom stereocenters. The van der Waals surface area contributed by atoms with E-state index in [1.165, 1.54) is 6.42 Å². The largest absolute Gasteiger partial charge is 0.481 e. The van der Waals surface area contributed by atoms with E-state index in [0.717, 1.165) is 32.1 Å². The molecule has 2 bridgehead atoms. The number of carbonyl (C=O) groups excluding carboxylic acids is 2. The third-order valence-corrected chi connectivity index (χ3v) is 4.88. The maximum absolute atomic E-state index is 11.7. The second kappa shape index (κ2) is 7.77. The number of aliphatic hydroxyl groups excluding tert-OH is 1. The van der Waals surface area contributed by atoms with Gasteiger partial charge in [0.1, 0.15) is 6.61 Å². The van der Waals surface area contributed by atoms with E-state index in [4.69, 9.17) is 9.84 Å². The minimum atomic E-state index is -0.894. The summed E-state index contributed by atoms with van der Waals surface area (Å²) in [5.41, 5.74) is -0.517. The van der Waals surface area contributed by atoms with Crippen LogP contribution in [0.3, 0.4) is 0 Å². The first-order valence-electron chi connectivity index (χ1n) is 8.06. The van der Waals surface area contributed by atoms with Crippen LogP contribution in [-0.2, 0) is 23.9 Å². The number of ether oxygens (including phenoxy) is 2. The number of rotatable bonds is 7. The second-order valence-corrected chi connectivity index (χ2v) is 6.86. The third kappa shape index (κ3) is 5.20. The fourth-order valence-electron chi connectivity index (χ4n) is 4.18. The van der Waals surface area contributed by atoms with Crippen molar-refractivity contribution in [2.24, 2.45) is 17.3 Å². The van der Waals surface area contributed by atoms with Gasteiger partial charge in [0.25, 0.3) is 0 Å². The fourth-order valence-corrected chi connectivity index (χ4v) is 4.18. The summed E-state index contributed by atoms with van der Waals surface area (Å²) in [4.78, 5) is 33.7. The lowest BCUT2D eigenvalue weighted by Crippen LogP contribution is -2.41. The molecule has 7 nitrogen and oxygen atoms in total. The summed E-state index contributed by atoms with van der Waals surface area (Å²) in [7, 11) is 0.